The second-order valence-corrected chi connectivity index (χ2v) is 7.20. The fourth-order valence-electron chi connectivity index (χ4n) is 3.37. The Bertz CT molecular complexity index is 1160. The van der Waals surface area contributed by atoms with Crippen LogP contribution in [0.2, 0.25) is 5.02 Å². The average Bonchev–Trinajstić information content (AvgIpc) is 3.11. The van der Waals surface area contributed by atoms with Crippen molar-refractivity contribution in [3.05, 3.63) is 71.1 Å². The van der Waals surface area contributed by atoms with Gasteiger partial charge in [-0.15, -0.1) is 0 Å². The Morgan fingerprint density at radius 1 is 1.03 bits per heavy atom. The van der Waals surface area contributed by atoms with Crippen LogP contribution in [-0.2, 0) is 11.3 Å². The van der Waals surface area contributed by atoms with E-state index in [0.717, 1.165) is 40.4 Å². The standard InChI is InChI=1S/C23H22ClFN4O/c1-3-26-21-13-20(15-7-11-18(25)12-8-15)29-23(27-21)22(19(28-29)14-30-4-2)16-5-9-17(24)10-6-16/h5-13H,3-4,14H2,1-2H3,(H,26,27). The third-order valence-corrected chi connectivity index (χ3v) is 4.99. The molecule has 0 bridgehead atoms. The van der Waals surface area contributed by atoms with Crippen LogP contribution >= 0.6 is 11.6 Å². The Morgan fingerprint density at radius 2 is 1.73 bits per heavy atom. The van der Waals surface area contributed by atoms with E-state index in [1.54, 1.807) is 16.6 Å². The molecule has 4 rings (SSSR count). The molecular weight excluding hydrogens is 403 g/mol. The van der Waals surface area contributed by atoms with Crippen molar-refractivity contribution in [3.8, 4) is 22.4 Å². The van der Waals surface area contributed by atoms with E-state index in [1.807, 2.05) is 44.2 Å². The number of nitrogens with zero attached hydrogens (tertiary/aromatic N) is 3. The zero-order chi connectivity index (χ0) is 21.1. The molecule has 1 N–H and O–H groups in total. The van der Waals surface area contributed by atoms with Gasteiger partial charge >= 0.3 is 0 Å². The first-order chi connectivity index (χ1) is 14.6. The molecule has 0 radical (unpaired) electrons. The van der Waals surface area contributed by atoms with Crippen molar-refractivity contribution in [1.29, 1.82) is 0 Å². The summed E-state index contributed by atoms with van der Waals surface area (Å²) in [5.41, 5.74) is 4.98. The van der Waals surface area contributed by atoms with Crippen molar-refractivity contribution < 1.29 is 9.13 Å². The van der Waals surface area contributed by atoms with E-state index in [2.05, 4.69) is 5.32 Å². The van der Waals surface area contributed by atoms with E-state index in [1.165, 1.54) is 12.1 Å². The maximum Gasteiger partial charge on any atom is 0.166 e. The molecule has 0 aliphatic carbocycles. The summed E-state index contributed by atoms with van der Waals surface area (Å²) in [5, 5.41) is 8.77. The molecule has 2 aromatic carbocycles. The first kappa shape index (κ1) is 20.3. The molecule has 30 heavy (non-hydrogen) atoms. The molecule has 2 heterocycles. The van der Waals surface area contributed by atoms with Gasteiger partial charge in [-0.05, 0) is 55.8 Å². The lowest BCUT2D eigenvalue weighted by atomic mass is 10.1. The summed E-state index contributed by atoms with van der Waals surface area (Å²) in [6, 6.07) is 15.9. The third kappa shape index (κ3) is 4.01. The Labute approximate surface area is 179 Å². The van der Waals surface area contributed by atoms with E-state index in [-0.39, 0.29) is 5.82 Å². The number of benzene rings is 2. The van der Waals surface area contributed by atoms with Gasteiger partial charge in [0.25, 0.3) is 0 Å². The number of ether oxygens (including phenoxy) is 1. The van der Waals surface area contributed by atoms with Gasteiger partial charge in [-0.25, -0.2) is 13.9 Å². The Morgan fingerprint density at radius 3 is 2.40 bits per heavy atom. The van der Waals surface area contributed by atoms with Gasteiger partial charge in [0.1, 0.15) is 11.6 Å². The third-order valence-electron chi connectivity index (χ3n) is 4.74. The van der Waals surface area contributed by atoms with Crippen LogP contribution in [-0.4, -0.2) is 27.7 Å². The molecule has 0 aliphatic heterocycles. The monoisotopic (exact) mass is 424 g/mol. The molecule has 0 spiro atoms. The molecular formula is C23H22ClFN4O. The summed E-state index contributed by atoms with van der Waals surface area (Å²) in [6.45, 7) is 5.62. The van der Waals surface area contributed by atoms with Crippen molar-refractivity contribution in [3.63, 3.8) is 0 Å². The summed E-state index contributed by atoms with van der Waals surface area (Å²) in [6.07, 6.45) is 0. The number of anilines is 1. The van der Waals surface area contributed by atoms with Crippen molar-refractivity contribution in [2.45, 2.75) is 20.5 Å². The lowest BCUT2D eigenvalue weighted by Gasteiger charge is -2.10. The quantitative estimate of drug-likeness (QED) is 0.406. The van der Waals surface area contributed by atoms with Crippen molar-refractivity contribution in [1.82, 2.24) is 14.6 Å². The fourth-order valence-corrected chi connectivity index (χ4v) is 3.50. The number of rotatable bonds is 7. The molecule has 4 aromatic rings. The van der Waals surface area contributed by atoms with Gasteiger partial charge in [0.2, 0.25) is 0 Å². The average molecular weight is 425 g/mol. The van der Waals surface area contributed by atoms with Gasteiger partial charge in [0.05, 0.1) is 23.6 Å². The molecule has 154 valence electrons. The van der Waals surface area contributed by atoms with Crippen LogP contribution in [0.3, 0.4) is 0 Å². The Balaban J connectivity index is 2.00. The van der Waals surface area contributed by atoms with Crippen molar-refractivity contribution in [2.75, 3.05) is 18.5 Å². The lowest BCUT2D eigenvalue weighted by molar-refractivity contribution is 0.131. The van der Waals surface area contributed by atoms with E-state index < -0.39 is 0 Å². The number of nitrogens with one attached hydrogen (secondary N) is 1. The van der Waals surface area contributed by atoms with Crippen LogP contribution in [0.4, 0.5) is 10.2 Å². The highest BCUT2D eigenvalue weighted by Crippen LogP contribution is 2.33. The Kier molecular flexibility index (Phi) is 5.97. The van der Waals surface area contributed by atoms with Crippen molar-refractivity contribution in [2.24, 2.45) is 0 Å². The van der Waals surface area contributed by atoms with Crippen LogP contribution in [0.1, 0.15) is 19.5 Å². The van der Waals surface area contributed by atoms with Gasteiger partial charge in [-0.1, -0.05) is 23.7 Å². The van der Waals surface area contributed by atoms with Gasteiger partial charge in [-0.3, -0.25) is 0 Å². The predicted molar refractivity (Wildman–Crippen MR) is 118 cm³/mol. The highest BCUT2D eigenvalue weighted by Gasteiger charge is 2.20. The zero-order valence-corrected chi connectivity index (χ0v) is 17.6. The minimum Gasteiger partial charge on any atom is -0.375 e. The number of hydrogen-bond acceptors (Lipinski definition) is 4. The summed E-state index contributed by atoms with van der Waals surface area (Å²) in [4.78, 5) is 4.82. The number of fused-ring (bicyclic) bond motifs is 1. The zero-order valence-electron chi connectivity index (χ0n) is 16.8. The van der Waals surface area contributed by atoms with E-state index >= 15 is 0 Å². The maximum atomic E-state index is 13.5. The van der Waals surface area contributed by atoms with Crippen LogP contribution < -0.4 is 5.32 Å². The maximum absolute atomic E-state index is 13.5. The van der Waals surface area contributed by atoms with Crippen LogP contribution in [0.25, 0.3) is 28.0 Å². The largest absolute Gasteiger partial charge is 0.375 e. The number of hydrogen-bond donors (Lipinski definition) is 1. The van der Waals surface area contributed by atoms with E-state index in [4.69, 9.17) is 26.4 Å². The lowest BCUT2D eigenvalue weighted by Crippen LogP contribution is -2.04. The van der Waals surface area contributed by atoms with Gasteiger partial charge < -0.3 is 10.1 Å². The minimum atomic E-state index is -0.282. The molecule has 0 amide bonds. The second kappa shape index (κ2) is 8.81. The van der Waals surface area contributed by atoms with Gasteiger partial charge in [-0.2, -0.15) is 5.10 Å². The van der Waals surface area contributed by atoms with Crippen LogP contribution in [0.15, 0.2) is 54.6 Å². The van der Waals surface area contributed by atoms with Gasteiger partial charge in [0, 0.05) is 29.8 Å². The number of aromatic nitrogens is 3. The molecule has 0 fully saturated rings. The fraction of sp³-hybridized carbons (Fsp3) is 0.217. The smallest absolute Gasteiger partial charge is 0.166 e. The summed E-state index contributed by atoms with van der Waals surface area (Å²) < 4.78 is 21.0. The molecule has 5 nitrogen and oxygen atoms in total. The van der Waals surface area contributed by atoms with Crippen LogP contribution in [0.5, 0.6) is 0 Å². The molecule has 2 aromatic heterocycles. The molecule has 0 saturated heterocycles. The topological polar surface area (TPSA) is 51.5 Å². The normalized spacial score (nSPS) is 11.2. The predicted octanol–water partition coefficient (Wildman–Crippen LogP) is 5.82. The van der Waals surface area contributed by atoms with E-state index in [0.29, 0.717) is 23.9 Å². The van der Waals surface area contributed by atoms with E-state index in [9.17, 15) is 4.39 Å². The molecule has 7 heteroatoms. The first-order valence-electron chi connectivity index (χ1n) is 9.86. The molecule has 0 atom stereocenters. The second-order valence-electron chi connectivity index (χ2n) is 6.76. The Hall–Kier alpha value is -2.96. The van der Waals surface area contributed by atoms with Crippen LogP contribution in [0, 0.1) is 5.82 Å². The van der Waals surface area contributed by atoms with Crippen molar-refractivity contribution >= 4 is 23.1 Å². The number of halogens is 2. The SMILES string of the molecule is CCNc1cc(-c2ccc(F)cc2)n2nc(COCC)c(-c3ccc(Cl)cc3)c2n1. The summed E-state index contributed by atoms with van der Waals surface area (Å²) in [7, 11) is 0. The first-order valence-corrected chi connectivity index (χ1v) is 10.2. The van der Waals surface area contributed by atoms with Gasteiger partial charge in [0.15, 0.2) is 5.65 Å². The molecule has 0 aliphatic rings. The highest BCUT2D eigenvalue weighted by molar-refractivity contribution is 6.30. The molecule has 0 saturated carbocycles. The molecule has 0 unspecified atom stereocenters. The summed E-state index contributed by atoms with van der Waals surface area (Å²) in [5.74, 6) is 0.442. The minimum absolute atomic E-state index is 0.282. The summed E-state index contributed by atoms with van der Waals surface area (Å²) >= 11 is 6.10. The highest BCUT2D eigenvalue weighted by atomic mass is 35.5.